The van der Waals surface area contributed by atoms with Gasteiger partial charge < -0.3 is 5.32 Å². The Bertz CT molecular complexity index is 651. The molecule has 0 aliphatic carbocycles. The van der Waals surface area contributed by atoms with Gasteiger partial charge in [-0.2, -0.15) is 0 Å². The second-order valence-corrected chi connectivity index (χ2v) is 6.70. The zero-order valence-corrected chi connectivity index (χ0v) is 12.6. The van der Waals surface area contributed by atoms with Gasteiger partial charge in [0.15, 0.2) is 0 Å². The highest BCUT2D eigenvalue weighted by Crippen LogP contribution is 2.29. The predicted octanol–water partition coefficient (Wildman–Crippen LogP) is 4.52. The Morgan fingerprint density at radius 2 is 2.16 bits per heavy atom. The van der Waals surface area contributed by atoms with Crippen LogP contribution in [0.15, 0.2) is 35.8 Å². The van der Waals surface area contributed by atoms with Gasteiger partial charge in [0.05, 0.1) is 11.2 Å². The Balaban J connectivity index is 1.73. The zero-order valence-electron chi connectivity index (χ0n) is 11.0. The van der Waals surface area contributed by atoms with Crippen LogP contribution in [-0.2, 0) is 6.54 Å². The number of hydrogen-bond acceptors (Lipinski definition) is 4. The van der Waals surface area contributed by atoms with E-state index in [1.54, 1.807) is 11.3 Å². The highest BCUT2D eigenvalue weighted by atomic mass is 32.1. The summed E-state index contributed by atoms with van der Waals surface area (Å²) in [6.45, 7) is 5.19. The fraction of sp³-hybridized carbons (Fsp3) is 0.267. The monoisotopic (exact) mass is 288 g/mol. The Morgan fingerprint density at radius 3 is 2.89 bits per heavy atom. The molecule has 0 aliphatic rings. The second-order valence-electron chi connectivity index (χ2n) is 4.65. The third kappa shape index (κ3) is 2.71. The first-order chi connectivity index (χ1) is 9.24. The van der Waals surface area contributed by atoms with Crippen molar-refractivity contribution in [3.05, 3.63) is 51.3 Å². The fourth-order valence-electron chi connectivity index (χ4n) is 2.06. The topological polar surface area (TPSA) is 24.9 Å². The Kier molecular flexibility index (Phi) is 3.64. The van der Waals surface area contributed by atoms with Gasteiger partial charge in [-0.05, 0) is 31.4 Å². The highest BCUT2D eigenvalue weighted by Gasteiger charge is 2.10. The number of fused-ring (bicyclic) bond motifs is 1. The minimum atomic E-state index is 0.374. The van der Waals surface area contributed by atoms with E-state index in [-0.39, 0.29) is 0 Å². The lowest BCUT2D eigenvalue weighted by molar-refractivity contribution is 0.585. The van der Waals surface area contributed by atoms with E-state index >= 15 is 0 Å². The summed E-state index contributed by atoms with van der Waals surface area (Å²) in [7, 11) is 0. The van der Waals surface area contributed by atoms with Crippen LogP contribution in [0.25, 0.3) is 10.1 Å². The molecule has 2 nitrogen and oxygen atoms in total. The highest BCUT2D eigenvalue weighted by molar-refractivity contribution is 7.19. The van der Waals surface area contributed by atoms with Crippen molar-refractivity contribution in [2.75, 3.05) is 0 Å². The lowest BCUT2D eigenvalue weighted by Crippen LogP contribution is -2.16. The Labute approximate surface area is 121 Å². The van der Waals surface area contributed by atoms with Crippen LogP contribution in [0.1, 0.15) is 28.4 Å². The molecule has 0 radical (unpaired) electrons. The van der Waals surface area contributed by atoms with E-state index in [0.29, 0.717) is 6.04 Å². The maximum absolute atomic E-state index is 4.28. The smallest absolute Gasteiger partial charge is 0.0798 e. The van der Waals surface area contributed by atoms with E-state index < -0.39 is 0 Å². The summed E-state index contributed by atoms with van der Waals surface area (Å²) < 4.78 is 1.36. The molecule has 3 rings (SSSR count). The van der Waals surface area contributed by atoms with E-state index in [1.165, 1.54) is 19.8 Å². The van der Waals surface area contributed by atoms with Crippen molar-refractivity contribution < 1.29 is 0 Å². The van der Waals surface area contributed by atoms with Crippen molar-refractivity contribution in [1.82, 2.24) is 10.3 Å². The Hall–Kier alpha value is -1.23. The molecule has 1 unspecified atom stereocenters. The number of nitrogens with one attached hydrogen (secondary N) is 1. The number of thiazole rings is 1. The molecule has 0 fully saturated rings. The van der Waals surface area contributed by atoms with E-state index in [1.807, 2.05) is 16.8 Å². The molecule has 0 bridgehead atoms. The standard InChI is InChI=1S/C15H16N2S2/c1-10(16-8-15-11(2)17-9-18-15)14-7-12-5-3-4-6-13(12)19-14/h3-7,9-10,16H,8H2,1-2H3. The van der Waals surface area contributed by atoms with Crippen LogP contribution < -0.4 is 5.32 Å². The van der Waals surface area contributed by atoms with Gasteiger partial charge >= 0.3 is 0 Å². The molecule has 0 saturated carbocycles. The second kappa shape index (κ2) is 5.41. The summed E-state index contributed by atoms with van der Waals surface area (Å²) in [4.78, 5) is 7.00. The predicted molar refractivity (Wildman–Crippen MR) is 83.9 cm³/mol. The maximum atomic E-state index is 4.28. The number of hydrogen-bond donors (Lipinski definition) is 1. The van der Waals surface area contributed by atoms with Crippen LogP contribution in [0.2, 0.25) is 0 Å². The maximum Gasteiger partial charge on any atom is 0.0798 e. The molecule has 19 heavy (non-hydrogen) atoms. The van der Waals surface area contributed by atoms with Crippen LogP contribution in [0.5, 0.6) is 0 Å². The quantitative estimate of drug-likeness (QED) is 0.763. The number of aromatic nitrogens is 1. The first kappa shape index (κ1) is 12.8. The van der Waals surface area contributed by atoms with Crippen LogP contribution in [-0.4, -0.2) is 4.98 Å². The largest absolute Gasteiger partial charge is 0.304 e. The summed E-state index contributed by atoms with van der Waals surface area (Å²) in [6, 6.07) is 11.2. The normalized spacial score (nSPS) is 12.9. The zero-order chi connectivity index (χ0) is 13.2. The lowest BCUT2D eigenvalue weighted by Gasteiger charge is -2.11. The van der Waals surface area contributed by atoms with Gasteiger partial charge in [0, 0.05) is 27.0 Å². The molecule has 2 aromatic heterocycles. The van der Waals surface area contributed by atoms with Crippen molar-refractivity contribution in [3.8, 4) is 0 Å². The third-order valence-corrected chi connectivity index (χ3v) is 5.52. The molecule has 98 valence electrons. The summed E-state index contributed by atoms with van der Waals surface area (Å²) >= 11 is 3.59. The molecular formula is C15H16N2S2. The van der Waals surface area contributed by atoms with Crippen molar-refractivity contribution in [2.24, 2.45) is 0 Å². The molecule has 0 saturated heterocycles. The minimum absolute atomic E-state index is 0.374. The summed E-state index contributed by atoms with van der Waals surface area (Å²) in [6.07, 6.45) is 0. The van der Waals surface area contributed by atoms with Gasteiger partial charge in [0.25, 0.3) is 0 Å². The minimum Gasteiger partial charge on any atom is -0.304 e. The van der Waals surface area contributed by atoms with Gasteiger partial charge in [-0.25, -0.2) is 4.98 Å². The molecule has 0 amide bonds. The number of benzene rings is 1. The summed E-state index contributed by atoms with van der Waals surface area (Å²) in [5, 5.41) is 4.92. The molecule has 0 spiro atoms. The van der Waals surface area contributed by atoms with E-state index in [4.69, 9.17) is 0 Å². The lowest BCUT2D eigenvalue weighted by atomic mass is 10.2. The van der Waals surface area contributed by atoms with Crippen molar-refractivity contribution in [2.45, 2.75) is 26.4 Å². The average Bonchev–Trinajstić information content (AvgIpc) is 3.01. The SMILES string of the molecule is Cc1ncsc1CNC(C)c1cc2ccccc2s1. The molecule has 3 aromatic rings. The summed E-state index contributed by atoms with van der Waals surface area (Å²) in [5.74, 6) is 0. The van der Waals surface area contributed by atoms with Gasteiger partial charge in [-0.1, -0.05) is 18.2 Å². The first-order valence-corrected chi connectivity index (χ1v) is 8.04. The van der Waals surface area contributed by atoms with Crippen LogP contribution >= 0.6 is 22.7 Å². The number of aryl methyl sites for hydroxylation is 1. The van der Waals surface area contributed by atoms with Crippen molar-refractivity contribution in [3.63, 3.8) is 0 Å². The molecule has 4 heteroatoms. The van der Waals surface area contributed by atoms with Gasteiger partial charge in [0.2, 0.25) is 0 Å². The molecule has 1 atom stereocenters. The van der Waals surface area contributed by atoms with E-state index in [0.717, 1.165) is 12.2 Å². The average molecular weight is 288 g/mol. The Morgan fingerprint density at radius 1 is 1.32 bits per heavy atom. The third-order valence-electron chi connectivity index (χ3n) is 3.29. The van der Waals surface area contributed by atoms with Crippen molar-refractivity contribution in [1.29, 1.82) is 0 Å². The molecule has 1 aromatic carbocycles. The first-order valence-electron chi connectivity index (χ1n) is 6.35. The van der Waals surface area contributed by atoms with Crippen LogP contribution in [0.4, 0.5) is 0 Å². The molecular weight excluding hydrogens is 272 g/mol. The fourth-order valence-corrected chi connectivity index (χ4v) is 3.88. The number of rotatable bonds is 4. The van der Waals surface area contributed by atoms with Crippen molar-refractivity contribution >= 4 is 32.8 Å². The van der Waals surface area contributed by atoms with Gasteiger partial charge in [-0.3, -0.25) is 0 Å². The van der Waals surface area contributed by atoms with Gasteiger partial charge in [-0.15, -0.1) is 22.7 Å². The molecule has 2 heterocycles. The molecule has 1 N–H and O–H groups in total. The van der Waals surface area contributed by atoms with E-state index in [2.05, 4.69) is 54.5 Å². The number of nitrogens with zero attached hydrogens (tertiary/aromatic N) is 1. The molecule has 0 aliphatic heterocycles. The van der Waals surface area contributed by atoms with Crippen LogP contribution in [0.3, 0.4) is 0 Å². The van der Waals surface area contributed by atoms with Gasteiger partial charge in [0.1, 0.15) is 0 Å². The van der Waals surface area contributed by atoms with E-state index in [9.17, 15) is 0 Å². The summed E-state index contributed by atoms with van der Waals surface area (Å²) in [5.41, 5.74) is 3.05. The van der Waals surface area contributed by atoms with Crippen LogP contribution in [0, 0.1) is 6.92 Å². The number of thiophene rings is 1.